The normalized spacial score (nSPS) is 14.1. The third-order valence-electron chi connectivity index (χ3n) is 1.33. The highest BCUT2D eigenvalue weighted by molar-refractivity contribution is 4.52. The lowest BCUT2D eigenvalue weighted by atomic mass is 10.4. The molecule has 0 fully saturated rings. The standard InChI is InChI=1S/C7H18N2O/c1-4-7(10)8-5-6-9(2)3/h7-8,10H,4-6H2,1-3H3. The molecule has 0 radical (unpaired) electrons. The molecule has 0 aliphatic rings. The molecule has 0 aromatic rings. The zero-order chi connectivity index (χ0) is 7.98. The molecular weight excluding hydrogens is 128 g/mol. The summed E-state index contributed by atoms with van der Waals surface area (Å²) in [7, 11) is 4.03. The Hall–Kier alpha value is -0.120. The van der Waals surface area contributed by atoms with E-state index in [1.165, 1.54) is 0 Å². The van der Waals surface area contributed by atoms with Gasteiger partial charge >= 0.3 is 0 Å². The largest absolute Gasteiger partial charge is 0.379 e. The van der Waals surface area contributed by atoms with Crippen molar-refractivity contribution < 1.29 is 5.11 Å². The first-order valence-electron chi connectivity index (χ1n) is 3.73. The fourth-order valence-corrected chi connectivity index (χ4v) is 0.599. The van der Waals surface area contributed by atoms with E-state index in [9.17, 15) is 0 Å². The van der Waals surface area contributed by atoms with Gasteiger partial charge in [0.2, 0.25) is 0 Å². The summed E-state index contributed by atoms with van der Waals surface area (Å²) >= 11 is 0. The Morgan fingerprint density at radius 3 is 2.50 bits per heavy atom. The second-order valence-electron chi connectivity index (χ2n) is 2.68. The SMILES string of the molecule is CCC(O)NCCN(C)C. The molecule has 3 heteroatoms. The Morgan fingerprint density at radius 1 is 1.50 bits per heavy atom. The number of aliphatic hydroxyl groups excluding tert-OH is 1. The Morgan fingerprint density at radius 2 is 2.10 bits per heavy atom. The summed E-state index contributed by atoms with van der Waals surface area (Å²) in [6.45, 7) is 3.77. The topological polar surface area (TPSA) is 35.5 Å². The van der Waals surface area contributed by atoms with Crippen LogP contribution in [-0.4, -0.2) is 43.4 Å². The lowest BCUT2D eigenvalue weighted by Crippen LogP contribution is -2.34. The van der Waals surface area contributed by atoms with Crippen LogP contribution in [0.5, 0.6) is 0 Å². The van der Waals surface area contributed by atoms with Gasteiger partial charge in [0.15, 0.2) is 0 Å². The van der Waals surface area contributed by atoms with E-state index >= 15 is 0 Å². The summed E-state index contributed by atoms with van der Waals surface area (Å²) in [5.41, 5.74) is 0. The molecule has 0 aliphatic heterocycles. The van der Waals surface area contributed by atoms with Crippen LogP contribution >= 0.6 is 0 Å². The second-order valence-corrected chi connectivity index (χ2v) is 2.68. The van der Waals surface area contributed by atoms with Crippen LogP contribution in [0.1, 0.15) is 13.3 Å². The number of aliphatic hydroxyl groups is 1. The van der Waals surface area contributed by atoms with Crippen LogP contribution in [0.3, 0.4) is 0 Å². The molecule has 10 heavy (non-hydrogen) atoms. The highest BCUT2D eigenvalue weighted by Crippen LogP contribution is 1.82. The fraction of sp³-hybridized carbons (Fsp3) is 1.00. The molecule has 2 N–H and O–H groups in total. The van der Waals surface area contributed by atoms with Gasteiger partial charge in [0.1, 0.15) is 6.23 Å². The molecule has 0 aromatic carbocycles. The molecule has 0 aromatic heterocycles. The number of rotatable bonds is 5. The maximum atomic E-state index is 9.04. The van der Waals surface area contributed by atoms with Crippen LogP contribution in [-0.2, 0) is 0 Å². The number of nitrogens with one attached hydrogen (secondary N) is 1. The van der Waals surface area contributed by atoms with Gasteiger partial charge in [0.05, 0.1) is 0 Å². The van der Waals surface area contributed by atoms with Crippen molar-refractivity contribution in [2.24, 2.45) is 0 Å². The molecule has 0 spiro atoms. The molecule has 0 bridgehead atoms. The lowest BCUT2D eigenvalue weighted by molar-refractivity contribution is 0.130. The van der Waals surface area contributed by atoms with Gasteiger partial charge in [-0.2, -0.15) is 0 Å². The summed E-state index contributed by atoms with van der Waals surface area (Å²) in [5, 5.41) is 12.0. The van der Waals surface area contributed by atoms with Crippen LogP contribution in [0.15, 0.2) is 0 Å². The van der Waals surface area contributed by atoms with E-state index in [0.717, 1.165) is 19.5 Å². The van der Waals surface area contributed by atoms with Gasteiger partial charge in [-0.1, -0.05) is 6.92 Å². The minimum atomic E-state index is -0.333. The molecule has 0 amide bonds. The van der Waals surface area contributed by atoms with Crippen LogP contribution in [0.4, 0.5) is 0 Å². The maximum absolute atomic E-state index is 9.04. The van der Waals surface area contributed by atoms with Crippen LogP contribution in [0.2, 0.25) is 0 Å². The van der Waals surface area contributed by atoms with Crippen LogP contribution in [0.25, 0.3) is 0 Å². The van der Waals surface area contributed by atoms with E-state index in [4.69, 9.17) is 5.11 Å². The predicted octanol–water partition coefficient (Wildman–Crippen LogP) is -0.134. The van der Waals surface area contributed by atoms with Gasteiger partial charge in [-0.25, -0.2) is 0 Å². The first-order chi connectivity index (χ1) is 4.66. The van der Waals surface area contributed by atoms with Crippen molar-refractivity contribution in [3.05, 3.63) is 0 Å². The predicted molar refractivity (Wildman–Crippen MR) is 42.9 cm³/mol. The van der Waals surface area contributed by atoms with E-state index < -0.39 is 0 Å². The first kappa shape index (κ1) is 9.88. The van der Waals surface area contributed by atoms with E-state index in [-0.39, 0.29) is 6.23 Å². The Balaban J connectivity index is 3.03. The minimum absolute atomic E-state index is 0.333. The Kier molecular flexibility index (Phi) is 5.58. The molecule has 1 unspecified atom stereocenters. The van der Waals surface area contributed by atoms with Crippen molar-refractivity contribution in [2.75, 3.05) is 27.2 Å². The van der Waals surface area contributed by atoms with E-state index in [2.05, 4.69) is 10.2 Å². The summed E-state index contributed by atoms with van der Waals surface area (Å²) in [6.07, 6.45) is 0.438. The summed E-state index contributed by atoms with van der Waals surface area (Å²) in [6, 6.07) is 0. The van der Waals surface area contributed by atoms with Crippen molar-refractivity contribution in [2.45, 2.75) is 19.6 Å². The molecular formula is C7H18N2O. The van der Waals surface area contributed by atoms with Crippen molar-refractivity contribution >= 4 is 0 Å². The van der Waals surface area contributed by atoms with Crippen LogP contribution in [0, 0.1) is 0 Å². The van der Waals surface area contributed by atoms with Gasteiger partial charge in [-0.15, -0.1) is 0 Å². The summed E-state index contributed by atoms with van der Waals surface area (Å²) in [4.78, 5) is 2.08. The van der Waals surface area contributed by atoms with E-state index in [1.54, 1.807) is 0 Å². The van der Waals surface area contributed by atoms with Crippen molar-refractivity contribution in [1.29, 1.82) is 0 Å². The lowest BCUT2D eigenvalue weighted by Gasteiger charge is -2.13. The number of likely N-dealkylation sites (N-methyl/N-ethyl adjacent to an activating group) is 1. The maximum Gasteiger partial charge on any atom is 0.104 e. The summed E-state index contributed by atoms with van der Waals surface area (Å²) < 4.78 is 0. The average Bonchev–Trinajstić information content (AvgIpc) is 1.87. The van der Waals surface area contributed by atoms with Crippen molar-refractivity contribution in [3.8, 4) is 0 Å². The average molecular weight is 146 g/mol. The van der Waals surface area contributed by atoms with Gasteiger partial charge in [0, 0.05) is 13.1 Å². The molecule has 1 atom stereocenters. The minimum Gasteiger partial charge on any atom is -0.379 e. The van der Waals surface area contributed by atoms with Gasteiger partial charge < -0.3 is 10.0 Å². The third-order valence-corrected chi connectivity index (χ3v) is 1.33. The van der Waals surface area contributed by atoms with Crippen molar-refractivity contribution in [3.63, 3.8) is 0 Å². The van der Waals surface area contributed by atoms with Crippen molar-refractivity contribution in [1.82, 2.24) is 10.2 Å². The zero-order valence-electron chi connectivity index (χ0n) is 7.09. The van der Waals surface area contributed by atoms with Gasteiger partial charge in [-0.05, 0) is 20.5 Å². The number of hydrogen-bond donors (Lipinski definition) is 2. The number of nitrogens with zero attached hydrogens (tertiary/aromatic N) is 1. The molecule has 62 valence electrons. The molecule has 0 aliphatic carbocycles. The summed E-state index contributed by atoms with van der Waals surface area (Å²) in [5.74, 6) is 0. The Bertz CT molecular complexity index is 76.0. The smallest absolute Gasteiger partial charge is 0.104 e. The zero-order valence-corrected chi connectivity index (χ0v) is 7.09. The molecule has 0 heterocycles. The quantitative estimate of drug-likeness (QED) is 0.530. The van der Waals surface area contributed by atoms with E-state index in [0.29, 0.717) is 0 Å². The Labute approximate surface area is 63.0 Å². The van der Waals surface area contributed by atoms with Gasteiger partial charge in [-0.3, -0.25) is 5.32 Å². The first-order valence-corrected chi connectivity index (χ1v) is 3.73. The highest BCUT2D eigenvalue weighted by atomic mass is 16.3. The number of hydrogen-bond acceptors (Lipinski definition) is 3. The fourth-order valence-electron chi connectivity index (χ4n) is 0.599. The highest BCUT2D eigenvalue weighted by Gasteiger charge is 1.97. The second kappa shape index (κ2) is 5.65. The molecule has 0 saturated carbocycles. The monoisotopic (exact) mass is 146 g/mol. The molecule has 0 rings (SSSR count). The molecule has 3 nitrogen and oxygen atoms in total. The molecule has 0 saturated heterocycles. The van der Waals surface area contributed by atoms with E-state index in [1.807, 2.05) is 21.0 Å². The van der Waals surface area contributed by atoms with Crippen LogP contribution < -0.4 is 5.32 Å². The van der Waals surface area contributed by atoms with Gasteiger partial charge in [0.25, 0.3) is 0 Å². The third kappa shape index (κ3) is 6.01.